The Balaban J connectivity index is 1.72. The zero-order chi connectivity index (χ0) is 18.8. The number of carbonyl (C=O) groups excluding carboxylic acids is 3. The molecule has 0 radical (unpaired) electrons. The van der Waals surface area contributed by atoms with Gasteiger partial charge in [-0.2, -0.15) is 0 Å². The highest BCUT2D eigenvalue weighted by Gasteiger charge is 2.56. The zero-order valence-corrected chi connectivity index (χ0v) is 15.1. The van der Waals surface area contributed by atoms with Crippen LogP contribution in [0.2, 0.25) is 0 Å². The highest BCUT2D eigenvalue weighted by Crippen LogP contribution is 2.40. The normalized spacial score (nSPS) is 24.2. The van der Waals surface area contributed by atoms with E-state index in [1.165, 1.54) is 23.9 Å². The number of amides is 3. The van der Waals surface area contributed by atoms with Gasteiger partial charge in [-0.1, -0.05) is 6.07 Å². The minimum atomic E-state index is -1.42. The molecule has 1 aromatic rings. The van der Waals surface area contributed by atoms with Gasteiger partial charge < -0.3 is 15.3 Å². The molecule has 3 N–H and O–H groups in total. The molecule has 2 aliphatic rings. The largest absolute Gasteiger partial charge is 0.479 e. The van der Waals surface area contributed by atoms with Crippen molar-refractivity contribution in [2.45, 2.75) is 23.9 Å². The predicted molar refractivity (Wildman–Crippen MR) is 92.8 cm³/mol. The number of β-lactam (4-membered cyclic amide) rings is 1. The van der Waals surface area contributed by atoms with Crippen molar-refractivity contribution in [1.29, 1.82) is 0 Å². The lowest BCUT2D eigenvalue weighted by atomic mass is 9.97. The van der Waals surface area contributed by atoms with Crippen LogP contribution in [0, 0.1) is 0 Å². The highest BCUT2D eigenvalue weighted by molar-refractivity contribution is 8.03. The minimum absolute atomic E-state index is 0.0997. The van der Waals surface area contributed by atoms with Crippen LogP contribution in [0.15, 0.2) is 28.5 Å². The number of hydroxylamine groups is 1. The lowest BCUT2D eigenvalue weighted by molar-refractivity contribution is -0.161. The molecule has 1 aromatic heterocycles. The van der Waals surface area contributed by atoms with Gasteiger partial charge in [0.25, 0.3) is 5.91 Å². The molecule has 3 rings (SSSR count). The van der Waals surface area contributed by atoms with Crippen LogP contribution in [-0.2, 0) is 30.4 Å². The number of rotatable bonds is 6. The Morgan fingerprint density at radius 1 is 1.38 bits per heavy atom. The lowest BCUT2D eigenvalue weighted by Gasteiger charge is -2.51. The van der Waals surface area contributed by atoms with Crippen molar-refractivity contribution >= 4 is 46.8 Å². The molecule has 9 nitrogen and oxygen atoms in total. The van der Waals surface area contributed by atoms with E-state index in [0.29, 0.717) is 0 Å². The van der Waals surface area contributed by atoms with E-state index in [9.17, 15) is 24.3 Å². The predicted octanol–water partition coefficient (Wildman–Crippen LogP) is -0.295. The van der Waals surface area contributed by atoms with Gasteiger partial charge in [-0.15, -0.1) is 23.1 Å². The van der Waals surface area contributed by atoms with Crippen molar-refractivity contribution in [1.82, 2.24) is 15.7 Å². The van der Waals surface area contributed by atoms with Crippen molar-refractivity contribution in [3.05, 3.63) is 33.4 Å². The van der Waals surface area contributed by atoms with Crippen LogP contribution in [0.3, 0.4) is 0 Å². The van der Waals surface area contributed by atoms with Gasteiger partial charge in [0, 0.05) is 4.88 Å². The van der Waals surface area contributed by atoms with Crippen molar-refractivity contribution in [3.63, 3.8) is 0 Å². The van der Waals surface area contributed by atoms with Crippen molar-refractivity contribution in [3.8, 4) is 0 Å². The van der Waals surface area contributed by atoms with Crippen molar-refractivity contribution < 1.29 is 29.1 Å². The van der Waals surface area contributed by atoms with E-state index in [1.54, 1.807) is 0 Å². The number of hydrogen-bond donors (Lipinski definition) is 3. The fourth-order valence-corrected chi connectivity index (χ4v) is 4.70. The average molecular weight is 397 g/mol. The van der Waals surface area contributed by atoms with Gasteiger partial charge in [-0.25, -0.2) is 10.3 Å². The van der Waals surface area contributed by atoms with Crippen LogP contribution in [0.4, 0.5) is 0 Å². The molecule has 0 bridgehead atoms. The van der Waals surface area contributed by atoms with E-state index < -0.39 is 35.2 Å². The number of aliphatic carboxylic acids is 1. The number of nitrogens with zero attached hydrogens (tertiary/aromatic N) is 1. The molecule has 0 spiro atoms. The molecule has 1 saturated heterocycles. The molecule has 0 saturated carbocycles. The van der Waals surface area contributed by atoms with Gasteiger partial charge in [0.2, 0.25) is 11.8 Å². The Bertz CT molecular complexity index is 778. The molecule has 11 heteroatoms. The molecule has 3 heterocycles. The van der Waals surface area contributed by atoms with Gasteiger partial charge in [0.15, 0.2) is 6.04 Å². The summed E-state index contributed by atoms with van der Waals surface area (Å²) in [5, 5.41) is 14.8. The van der Waals surface area contributed by atoms with Gasteiger partial charge in [0.05, 0.1) is 19.1 Å². The van der Waals surface area contributed by atoms with Crippen molar-refractivity contribution in [2.75, 3.05) is 7.11 Å². The molecular formula is C15H15N3O6S2. The second kappa shape index (κ2) is 7.48. The summed E-state index contributed by atoms with van der Waals surface area (Å²) in [5.41, 5.74) is 1.95. The molecule has 2 unspecified atom stereocenters. The molecule has 1 fully saturated rings. The molecule has 138 valence electrons. The molecule has 0 aromatic carbocycles. The molecular weight excluding hydrogens is 382 g/mol. The van der Waals surface area contributed by atoms with Crippen LogP contribution >= 0.6 is 23.1 Å². The molecule has 2 aliphatic heterocycles. The summed E-state index contributed by atoms with van der Waals surface area (Å²) in [5.74, 6) is -2.91. The van der Waals surface area contributed by atoms with Crippen LogP contribution < -0.4 is 10.8 Å². The van der Waals surface area contributed by atoms with Crippen molar-refractivity contribution in [2.24, 2.45) is 0 Å². The quantitative estimate of drug-likeness (QED) is 0.445. The first-order chi connectivity index (χ1) is 12.4. The third-order valence-corrected chi connectivity index (χ3v) is 5.95. The zero-order valence-electron chi connectivity index (χ0n) is 13.5. The number of fused-ring (bicyclic) bond motifs is 1. The Kier molecular flexibility index (Phi) is 5.30. The van der Waals surface area contributed by atoms with E-state index in [1.807, 2.05) is 17.5 Å². The first kappa shape index (κ1) is 18.4. The first-order valence-corrected chi connectivity index (χ1v) is 9.32. The fourth-order valence-electron chi connectivity index (χ4n) is 2.77. The summed E-state index contributed by atoms with van der Waals surface area (Å²) in [6.07, 6.45) is 0.151. The number of carboxylic acids is 1. The SMILES string of the molecule is CONC(=O)C1=CS[C@H]2C(NC(=O)Cc3cccs3)C(=O)N2C1C(=O)O. The van der Waals surface area contributed by atoms with E-state index >= 15 is 0 Å². The number of thiophene rings is 1. The Morgan fingerprint density at radius 2 is 2.15 bits per heavy atom. The maximum Gasteiger partial charge on any atom is 0.331 e. The first-order valence-electron chi connectivity index (χ1n) is 7.49. The molecule has 3 amide bonds. The summed E-state index contributed by atoms with van der Waals surface area (Å²) in [4.78, 5) is 54.5. The summed E-state index contributed by atoms with van der Waals surface area (Å²) in [7, 11) is 1.22. The summed E-state index contributed by atoms with van der Waals surface area (Å²) >= 11 is 2.54. The highest BCUT2D eigenvalue weighted by atomic mass is 32.2. The molecule has 0 aliphatic carbocycles. The fraction of sp³-hybridized carbons (Fsp3) is 0.333. The number of hydrogen-bond acceptors (Lipinski definition) is 7. The molecule has 26 heavy (non-hydrogen) atoms. The minimum Gasteiger partial charge on any atom is -0.479 e. The maximum absolute atomic E-state index is 12.4. The smallest absolute Gasteiger partial charge is 0.331 e. The summed E-state index contributed by atoms with van der Waals surface area (Å²) in [6.45, 7) is 0. The second-order valence-electron chi connectivity index (χ2n) is 5.52. The van der Waals surface area contributed by atoms with Crippen LogP contribution in [0.5, 0.6) is 0 Å². The topological polar surface area (TPSA) is 125 Å². The van der Waals surface area contributed by atoms with Crippen LogP contribution in [-0.4, -0.2) is 58.3 Å². The van der Waals surface area contributed by atoms with Crippen LogP contribution in [0.1, 0.15) is 4.88 Å². The van der Waals surface area contributed by atoms with E-state index in [2.05, 4.69) is 15.6 Å². The van der Waals surface area contributed by atoms with Gasteiger partial charge >= 0.3 is 5.97 Å². The number of nitrogens with one attached hydrogen (secondary N) is 2. The maximum atomic E-state index is 12.4. The van der Waals surface area contributed by atoms with E-state index in [4.69, 9.17) is 0 Å². The number of carbonyl (C=O) groups is 4. The van der Waals surface area contributed by atoms with Gasteiger partial charge in [-0.3, -0.25) is 19.2 Å². The standard InChI is InChI=1S/C15H15N3O6S2/c1-24-17-12(20)8-6-26-14-10(13(21)18(14)11(8)15(22)23)16-9(19)5-7-3-2-4-25-7/h2-4,6,10-11,14H,5H2,1H3,(H,16,19)(H,17,20)(H,22,23)/t10?,11?,14-/m0/s1. The third-order valence-electron chi connectivity index (χ3n) is 3.91. The van der Waals surface area contributed by atoms with E-state index in [0.717, 1.165) is 21.5 Å². The lowest BCUT2D eigenvalue weighted by Crippen LogP contribution is -2.74. The molecule has 3 atom stereocenters. The Labute approximate surface area is 156 Å². The number of thioether (sulfide) groups is 1. The summed E-state index contributed by atoms with van der Waals surface area (Å²) in [6, 6.07) is 1.40. The monoisotopic (exact) mass is 397 g/mol. The average Bonchev–Trinajstić information content (AvgIpc) is 3.11. The van der Waals surface area contributed by atoms with Gasteiger partial charge in [-0.05, 0) is 16.9 Å². The van der Waals surface area contributed by atoms with Crippen LogP contribution in [0.25, 0.3) is 0 Å². The summed E-state index contributed by atoms with van der Waals surface area (Å²) < 4.78 is 0. The van der Waals surface area contributed by atoms with E-state index in [-0.39, 0.29) is 17.9 Å². The number of carboxylic acid groups (broad SMARTS) is 1. The Hall–Kier alpha value is -2.37. The van der Waals surface area contributed by atoms with Gasteiger partial charge in [0.1, 0.15) is 11.4 Å². The third kappa shape index (κ3) is 3.32. The Morgan fingerprint density at radius 3 is 2.77 bits per heavy atom. The second-order valence-corrected chi connectivity index (χ2v) is 7.55.